The maximum Gasteiger partial charge on any atom is 0.179 e. The number of hydrogen-bond donors (Lipinski definition) is 3. The Morgan fingerprint density at radius 2 is 1.00 bits per heavy atom. The van der Waals surface area contributed by atoms with Crippen molar-refractivity contribution < 1.29 is 49.3 Å². The van der Waals surface area contributed by atoms with Crippen molar-refractivity contribution >= 4 is 20.2 Å². The fraction of sp³-hybridized carbons (Fsp3) is 0.250. The summed E-state index contributed by atoms with van der Waals surface area (Å²) in [5.74, 6) is 20.3. The molecule has 6 N–H and O–H groups in total. The molecule has 116 valence electrons. The molecule has 20 heavy (non-hydrogen) atoms. The van der Waals surface area contributed by atoms with Crippen molar-refractivity contribution in [1.82, 2.24) is 16.8 Å². The lowest BCUT2D eigenvalue weighted by molar-refractivity contribution is -1.14. The second-order valence-electron chi connectivity index (χ2n) is 2.89. The van der Waals surface area contributed by atoms with Gasteiger partial charge in [-0.3, -0.25) is 0 Å². The van der Waals surface area contributed by atoms with Crippen molar-refractivity contribution in [2.45, 2.75) is 0 Å². The van der Waals surface area contributed by atoms with Crippen LogP contribution in [0, 0.1) is 0 Å². The molecule has 16 nitrogen and oxygen atoms in total. The topological polar surface area (TPSA) is 172 Å². The zero-order chi connectivity index (χ0) is 15.6. The molecule has 0 radical (unpaired) electrons. The highest BCUT2D eigenvalue weighted by Crippen LogP contribution is 1.90. The Labute approximate surface area is 112 Å². The van der Waals surface area contributed by atoms with Gasteiger partial charge in [0.15, 0.2) is 20.2 Å². The molecule has 0 amide bonds. The predicted octanol–water partition coefficient (Wildman–Crippen LogP) is -1.68. The van der Waals surface area contributed by atoms with Gasteiger partial charge in [0, 0.05) is 15.0 Å². The highest BCUT2D eigenvalue weighted by atomic mass is 17.4. The third-order valence-electron chi connectivity index (χ3n) is 1.04. The van der Waals surface area contributed by atoms with Gasteiger partial charge in [-0.2, -0.15) is 0 Å². The minimum Gasteiger partial charge on any atom is -0.401 e. The van der Waals surface area contributed by atoms with E-state index in [-0.39, 0.29) is 14.5 Å². The van der Waals surface area contributed by atoms with Crippen LogP contribution in [0.4, 0.5) is 0 Å². The van der Waals surface area contributed by atoms with Gasteiger partial charge in [-0.1, -0.05) is 15.0 Å². The van der Waals surface area contributed by atoms with Crippen molar-refractivity contribution in [1.29, 1.82) is 0 Å². The van der Waals surface area contributed by atoms with Crippen LogP contribution in [-0.2, 0) is 29.9 Å². The molecule has 0 heterocycles. The lowest BCUT2D eigenvalue weighted by Gasteiger charge is -2.24. The van der Waals surface area contributed by atoms with E-state index in [1.165, 1.54) is 7.05 Å². The Morgan fingerprint density at radius 3 is 1.20 bits per heavy atom. The zero-order valence-corrected chi connectivity index (χ0v) is 10.4. The van der Waals surface area contributed by atoms with Gasteiger partial charge in [-0.25, -0.2) is 0 Å². The monoisotopic (exact) mass is 299 g/mol. The summed E-state index contributed by atoms with van der Waals surface area (Å²) >= 11 is 0. The van der Waals surface area contributed by atoms with Gasteiger partial charge in [0.1, 0.15) is 7.05 Å². The lowest BCUT2D eigenvalue weighted by Crippen LogP contribution is -2.70. The molecule has 0 aliphatic heterocycles. The van der Waals surface area contributed by atoms with Crippen molar-refractivity contribution in [2.24, 2.45) is 0 Å². The number of hydrogen-bond acceptors (Lipinski definition) is 9. The first kappa shape index (κ1) is 17.5. The summed E-state index contributed by atoms with van der Waals surface area (Å²) in [6, 6.07) is 0. The minimum absolute atomic E-state index is 0.231. The SMILES string of the molecule is C=[N+]([NH-])OON[N+](C)(NOO[N+](=C)[NH-])NOO[N+](=C)[NH-]. The predicted molar refractivity (Wildman–Crippen MR) is 57.2 cm³/mol. The van der Waals surface area contributed by atoms with E-state index in [0.29, 0.717) is 0 Å². The van der Waals surface area contributed by atoms with Crippen LogP contribution in [0.3, 0.4) is 0 Å². The van der Waals surface area contributed by atoms with E-state index in [9.17, 15) is 0 Å². The zero-order valence-electron chi connectivity index (χ0n) is 10.4. The second kappa shape index (κ2) is 8.60. The number of quaternary nitrogens is 1. The lowest BCUT2D eigenvalue weighted by atomic mass is 11.3. The molecular weight excluding hydrogens is 284 g/mol. The first-order valence-electron chi connectivity index (χ1n) is 4.40. The van der Waals surface area contributed by atoms with Crippen LogP contribution in [0.5, 0.6) is 0 Å². The molecular formula is C4H15N10O6+. The van der Waals surface area contributed by atoms with Gasteiger partial charge < -0.3 is 17.5 Å². The summed E-state index contributed by atoms with van der Waals surface area (Å²) < 4.78 is 0. The summed E-state index contributed by atoms with van der Waals surface area (Å²) in [5, 5.41) is 0. The molecule has 0 aromatic carbocycles. The molecule has 0 aliphatic rings. The van der Waals surface area contributed by atoms with Crippen LogP contribution in [0.15, 0.2) is 0 Å². The van der Waals surface area contributed by atoms with Gasteiger partial charge in [0.05, 0.1) is 16.8 Å². The summed E-state index contributed by atoms with van der Waals surface area (Å²) in [5.41, 5.74) is 6.17. The van der Waals surface area contributed by atoms with Gasteiger partial charge >= 0.3 is 0 Å². The van der Waals surface area contributed by atoms with Crippen LogP contribution in [-0.4, -0.2) is 46.6 Å². The van der Waals surface area contributed by atoms with E-state index in [1.54, 1.807) is 0 Å². The third-order valence-corrected chi connectivity index (χ3v) is 1.04. The molecule has 0 spiro atoms. The van der Waals surface area contributed by atoms with E-state index in [2.05, 4.69) is 66.8 Å². The molecule has 0 atom stereocenters. The van der Waals surface area contributed by atoms with E-state index >= 15 is 0 Å². The van der Waals surface area contributed by atoms with Crippen LogP contribution < -0.4 is 16.8 Å². The maximum absolute atomic E-state index is 6.77. The van der Waals surface area contributed by atoms with Crippen molar-refractivity contribution in [3.8, 4) is 0 Å². The Bertz CT molecular complexity index is 298. The van der Waals surface area contributed by atoms with Crippen molar-refractivity contribution in [3.63, 3.8) is 0 Å². The molecule has 0 aliphatic carbocycles. The molecule has 0 aromatic heterocycles. The van der Waals surface area contributed by atoms with Crippen molar-refractivity contribution in [2.75, 3.05) is 7.05 Å². The molecule has 0 saturated carbocycles. The van der Waals surface area contributed by atoms with Crippen LogP contribution >= 0.6 is 0 Å². The number of nitrogens with zero attached hydrogens (tertiary/aromatic N) is 4. The van der Waals surface area contributed by atoms with Crippen LogP contribution in [0.25, 0.3) is 17.5 Å². The quantitative estimate of drug-likeness (QED) is 0.125. The minimum atomic E-state index is -0.893. The Kier molecular flexibility index (Phi) is 7.54. The molecule has 0 aromatic rings. The Morgan fingerprint density at radius 1 is 0.750 bits per heavy atom. The molecule has 0 bridgehead atoms. The maximum atomic E-state index is 6.77. The van der Waals surface area contributed by atoms with E-state index in [4.69, 9.17) is 17.5 Å². The molecule has 0 fully saturated rings. The average Bonchev–Trinajstić information content (AvgIpc) is 2.27. The summed E-state index contributed by atoms with van der Waals surface area (Å²) in [6.45, 7) is 9.01. The van der Waals surface area contributed by atoms with Gasteiger partial charge in [-0.05, 0) is 19.4 Å². The van der Waals surface area contributed by atoms with Crippen molar-refractivity contribution in [3.05, 3.63) is 17.5 Å². The largest absolute Gasteiger partial charge is 0.401 e. The average molecular weight is 299 g/mol. The molecule has 0 rings (SSSR count). The fourth-order valence-electron chi connectivity index (χ4n) is 0.464. The van der Waals surface area contributed by atoms with Crippen LogP contribution in [0.1, 0.15) is 0 Å². The summed E-state index contributed by atoms with van der Waals surface area (Å²) in [4.78, 5) is 25.3. The van der Waals surface area contributed by atoms with E-state index < -0.39 is 4.81 Å². The normalized spacial score (nSPS) is 10.7. The third kappa shape index (κ3) is 9.55. The first-order chi connectivity index (χ1) is 9.25. The smallest absolute Gasteiger partial charge is 0.179 e. The number of rotatable bonds is 12. The Balaban J connectivity index is 4.28. The fourth-order valence-corrected chi connectivity index (χ4v) is 0.464. The van der Waals surface area contributed by atoms with E-state index in [0.717, 1.165) is 0 Å². The number of nitrogens with one attached hydrogen (secondary N) is 6. The Hall–Kier alpha value is -2.47. The van der Waals surface area contributed by atoms with Crippen LogP contribution in [0.2, 0.25) is 0 Å². The van der Waals surface area contributed by atoms with Gasteiger partial charge in [0.25, 0.3) is 0 Å². The van der Waals surface area contributed by atoms with E-state index in [1.807, 2.05) is 0 Å². The van der Waals surface area contributed by atoms with Gasteiger partial charge in [-0.15, -0.1) is 0 Å². The summed E-state index contributed by atoms with van der Waals surface area (Å²) in [6.07, 6.45) is 0. The molecule has 0 saturated heterocycles. The second-order valence-corrected chi connectivity index (χ2v) is 2.89. The first-order valence-corrected chi connectivity index (χ1v) is 4.40. The molecule has 0 unspecified atom stereocenters. The highest BCUT2D eigenvalue weighted by Gasteiger charge is 2.29. The summed E-state index contributed by atoms with van der Waals surface area (Å²) in [7, 11) is 1.25. The molecule has 16 heteroatoms. The highest BCUT2D eigenvalue weighted by molar-refractivity contribution is 5.13. The standard InChI is InChI=1S/C4H15N10O6/c1-11(5)18-15-8-14(4,9-16-19-12(2)6)10-17-20-13(3)7/h5-10H,1-3H2,4H3/q+1. The van der Waals surface area contributed by atoms with Gasteiger partial charge in [0.2, 0.25) is 0 Å².